The molecule has 1 saturated carbocycles. The fraction of sp³-hybridized carbons (Fsp3) is 0.594. The standard InChI is InChI=1S/C32H42N2O/c1-20-18-28-30(34-20)26-13-9-12-25(27(26)19-33-28)22-14-16-23(17-15-22)29(32(3,4)5)21(2)31(35)24-10-7-6-8-11-24/h14-19,21,24-25,29-30H,6-13H2,1-5H3/t21?,25?,29-,30?/m0/s1. The number of carbonyl (C=O) groups excluding carboxylic acids is 1. The number of allylic oxidation sites excluding steroid dienone is 2. The molecule has 4 aliphatic rings. The number of fused-ring (bicyclic) bond motifs is 2. The van der Waals surface area contributed by atoms with E-state index >= 15 is 0 Å². The number of nitrogens with zero attached hydrogens (tertiary/aromatic N) is 2. The van der Waals surface area contributed by atoms with Gasteiger partial charge < -0.3 is 0 Å². The van der Waals surface area contributed by atoms with Gasteiger partial charge in [0.25, 0.3) is 0 Å². The molecule has 4 atom stereocenters. The van der Waals surface area contributed by atoms with Crippen LogP contribution in [0.15, 0.2) is 57.2 Å². The molecule has 0 radical (unpaired) electrons. The van der Waals surface area contributed by atoms with Gasteiger partial charge in [0.2, 0.25) is 0 Å². The Balaban J connectivity index is 1.40. The lowest BCUT2D eigenvalue weighted by Crippen LogP contribution is -2.34. The molecule has 0 saturated heterocycles. The molecule has 0 N–H and O–H groups in total. The van der Waals surface area contributed by atoms with E-state index in [1.807, 2.05) is 0 Å². The van der Waals surface area contributed by atoms with Gasteiger partial charge in [-0.05, 0) is 78.7 Å². The van der Waals surface area contributed by atoms with Crippen molar-refractivity contribution in [2.45, 2.75) is 104 Å². The highest BCUT2D eigenvalue weighted by Crippen LogP contribution is 2.46. The fourth-order valence-corrected chi connectivity index (χ4v) is 7.34. The fourth-order valence-electron chi connectivity index (χ4n) is 7.34. The average Bonchev–Trinajstić information content (AvgIpc) is 3.24. The summed E-state index contributed by atoms with van der Waals surface area (Å²) in [6.45, 7) is 11.1. The normalized spacial score (nSPS) is 26.5. The zero-order chi connectivity index (χ0) is 24.7. The van der Waals surface area contributed by atoms with E-state index < -0.39 is 0 Å². The smallest absolute Gasteiger partial charge is 0.139 e. The molecule has 1 aromatic carbocycles. The number of hydrogen-bond donors (Lipinski definition) is 0. The molecule has 3 unspecified atom stereocenters. The van der Waals surface area contributed by atoms with Crippen LogP contribution < -0.4 is 0 Å². The Hall–Kier alpha value is -2.29. The van der Waals surface area contributed by atoms with Crippen molar-refractivity contribution in [3.63, 3.8) is 0 Å². The van der Waals surface area contributed by atoms with Crippen LogP contribution in [-0.2, 0) is 4.79 Å². The number of dihydropyridines is 1. The lowest BCUT2D eigenvalue weighted by atomic mass is 9.66. The maximum absolute atomic E-state index is 13.5. The predicted molar refractivity (Wildman–Crippen MR) is 146 cm³/mol. The van der Waals surface area contributed by atoms with E-state index in [0.717, 1.165) is 37.1 Å². The second-order valence-electron chi connectivity index (χ2n) is 12.5. The minimum atomic E-state index is 0.0307. The first-order valence-electron chi connectivity index (χ1n) is 13.9. The van der Waals surface area contributed by atoms with Gasteiger partial charge in [0.15, 0.2) is 0 Å². The molecule has 3 nitrogen and oxygen atoms in total. The van der Waals surface area contributed by atoms with Crippen LogP contribution in [0.2, 0.25) is 0 Å². The van der Waals surface area contributed by atoms with Crippen molar-refractivity contribution >= 4 is 17.7 Å². The SMILES string of the molecule is CC1=NC2C(=C1)N=CC1=C2CCCC1c1ccc([C@H](C(C)C(=O)C2CCCCC2)C(C)(C)C)cc1. The Morgan fingerprint density at radius 3 is 2.40 bits per heavy atom. The predicted octanol–water partition coefficient (Wildman–Crippen LogP) is 7.98. The lowest BCUT2D eigenvalue weighted by Gasteiger charge is -2.37. The van der Waals surface area contributed by atoms with Gasteiger partial charge in [-0.1, -0.05) is 71.2 Å². The Bertz CT molecular complexity index is 1090. The van der Waals surface area contributed by atoms with Crippen LogP contribution in [0.1, 0.15) is 109 Å². The number of aliphatic imine (C=N–C) groups is 2. The molecule has 5 rings (SSSR count). The summed E-state index contributed by atoms with van der Waals surface area (Å²) in [5.74, 6) is 1.43. The molecule has 1 fully saturated rings. The zero-order valence-electron chi connectivity index (χ0n) is 22.3. The quantitative estimate of drug-likeness (QED) is 0.430. The van der Waals surface area contributed by atoms with Gasteiger partial charge in [-0.2, -0.15) is 0 Å². The molecular formula is C32H42N2O. The van der Waals surface area contributed by atoms with Gasteiger partial charge in [0.05, 0.1) is 5.70 Å². The topological polar surface area (TPSA) is 41.8 Å². The number of hydrogen-bond acceptors (Lipinski definition) is 3. The number of benzene rings is 1. The highest BCUT2D eigenvalue weighted by Gasteiger charge is 2.38. The van der Waals surface area contributed by atoms with Crippen LogP contribution in [0.3, 0.4) is 0 Å². The van der Waals surface area contributed by atoms with E-state index in [4.69, 9.17) is 9.98 Å². The summed E-state index contributed by atoms with van der Waals surface area (Å²) < 4.78 is 0. The van der Waals surface area contributed by atoms with E-state index in [-0.39, 0.29) is 29.2 Å². The van der Waals surface area contributed by atoms with E-state index in [1.54, 1.807) is 0 Å². The minimum Gasteiger partial charge on any atom is -0.299 e. The number of carbonyl (C=O) groups is 1. The number of Topliss-reactive ketones (excluding diaryl/α,β-unsaturated/α-hetero) is 1. The minimum absolute atomic E-state index is 0.0307. The molecule has 2 aliphatic carbocycles. The van der Waals surface area contributed by atoms with Crippen LogP contribution in [0, 0.1) is 17.3 Å². The number of ketones is 1. The van der Waals surface area contributed by atoms with Crippen LogP contribution in [0.25, 0.3) is 0 Å². The molecule has 2 heterocycles. The van der Waals surface area contributed by atoms with Gasteiger partial charge in [-0.15, -0.1) is 0 Å². The summed E-state index contributed by atoms with van der Waals surface area (Å²) in [7, 11) is 0. The van der Waals surface area contributed by atoms with Crippen LogP contribution in [0.5, 0.6) is 0 Å². The first-order chi connectivity index (χ1) is 16.7. The summed E-state index contributed by atoms with van der Waals surface area (Å²) in [5.41, 5.74) is 7.77. The molecule has 3 heteroatoms. The summed E-state index contributed by atoms with van der Waals surface area (Å²) in [6.07, 6.45) is 13.6. The monoisotopic (exact) mass is 470 g/mol. The summed E-state index contributed by atoms with van der Waals surface area (Å²) in [5, 5.41) is 0. The van der Waals surface area contributed by atoms with Gasteiger partial charge in [-0.25, -0.2) is 0 Å². The van der Waals surface area contributed by atoms with Gasteiger partial charge in [0, 0.05) is 29.7 Å². The van der Waals surface area contributed by atoms with E-state index in [9.17, 15) is 4.79 Å². The van der Waals surface area contributed by atoms with Gasteiger partial charge >= 0.3 is 0 Å². The zero-order valence-corrected chi connectivity index (χ0v) is 22.3. The van der Waals surface area contributed by atoms with Crippen LogP contribution in [-0.4, -0.2) is 23.8 Å². The molecule has 35 heavy (non-hydrogen) atoms. The number of rotatable bonds is 5. The first kappa shape index (κ1) is 24.4. The maximum Gasteiger partial charge on any atom is 0.139 e. The highest BCUT2D eigenvalue weighted by atomic mass is 16.1. The summed E-state index contributed by atoms with van der Waals surface area (Å²) in [4.78, 5) is 23.2. The van der Waals surface area contributed by atoms with E-state index in [2.05, 4.69) is 71.2 Å². The molecular weight excluding hydrogens is 428 g/mol. The molecule has 2 aliphatic heterocycles. The van der Waals surface area contributed by atoms with Gasteiger partial charge in [-0.3, -0.25) is 14.8 Å². The molecule has 186 valence electrons. The molecule has 0 amide bonds. The third-order valence-electron chi connectivity index (χ3n) is 8.92. The van der Waals surface area contributed by atoms with E-state index in [0.29, 0.717) is 11.7 Å². The first-order valence-corrected chi connectivity index (χ1v) is 13.9. The van der Waals surface area contributed by atoms with Crippen molar-refractivity contribution in [3.05, 3.63) is 58.3 Å². The third-order valence-corrected chi connectivity index (χ3v) is 8.92. The summed E-state index contributed by atoms with van der Waals surface area (Å²) in [6, 6.07) is 9.43. The van der Waals surface area contributed by atoms with Crippen LogP contribution >= 0.6 is 0 Å². The second kappa shape index (κ2) is 9.64. The van der Waals surface area contributed by atoms with Crippen molar-refractivity contribution < 1.29 is 4.79 Å². The highest BCUT2D eigenvalue weighted by molar-refractivity contribution is 5.98. The van der Waals surface area contributed by atoms with Gasteiger partial charge in [0.1, 0.15) is 11.8 Å². The van der Waals surface area contributed by atoms with Crippen molar-refractivity contribution in [2.75, 3.05) is 0 Å². The summed E-state index contributed by atoms with van der Waals surface area (Å²) >= 11 is 0. The van der Waals surface area contributed by atoms with Crippen molar-refractivity contribution in [3.8, 4) is 0 Å². The lowest BCUT2D eigenvalue weighted by molar-refractivity contribution is -0.128. The molecule has 0 spiro atoms. The van der Waals surface area contributed by atoms with E-state index in [1.165, 1.54) is 48.0 Å². The van der Waals surface area contributed by atoms with Crippen molar-refractivity contribution in [1.29, 1.82) is 0 Å². The Morgan fingerprint density at radius 2 is 1.71 bits per heavy atom. The van der Waals surface area contributed by atoms with Crippen LogP contribution in [0.4, 0.5) is 0 Å². The largest absolute Gasteiger partial charge is 0.299 e. The average molecular weight is 471 g/mol. The molecule has 1 aromatic rings. The molecule has 0 bridgehead atoms. The Morgan fingerprint density at radius 1 is 1.00 bits per heavy atom. The van der Waals surface area contributed by atoms with Crippen molar-refractivity contribution in [1.82, 2.24) is 0 Å². The Kier molecular flexibility index (Phi) is 6.72. The van der Waals surface area contributed by atoms with Crippen molar-refractivity contribution in [2.24, 2.45) is 27.2 Å². The molecule has 0 aromatic heterocycles. The maximum atomic E-state index is 13.5. The Labute approximate surface area is 211 Å². The second-order valence-corrected chi connectivity index (χ2v) is 12.5. The third kappa shape index (κ3) is 4.76.